The number of nitrogens with one attached hydrogen (secondary N) is 2. The topological polar surface area (TPSA) is 149 Å². The third kappa shape index (κ3) is 5.99. The number of aromatic nitrogens is 4. The molecule has 2 aromatic heterocycles. The third-order valence-electron chi connectivity index (χ3n) is 6.13. The van der Waals surface area contributed by atoms with E-state index in [1.54, 1.807) is 6.07 Å². The molecule has 1 amide bonds. The lowest BCUT2D eigenvalue weighted by Gasteiger charge is -2.28. The van der Waals surface area contributed by atoms with Gasteiger partial charge in [-0.1, -0.05) is 6.07 Å². The van der Waals surface area contributed by atoms with Crippen LogP contribution in [0.25, 0.3) is 11.3 Å². The Bertz CT molecular complexity index is 1300. The molecule has 3 aromatic rings. The van der Waals surface area contributed by atoms with Crippen LogP contribution in [0.3, 0.4) is 0 Å². The van der Waals surface area contributed by atoms with E-state index in [-0.39, 0.29) is 12.5 Å². The van der Waals surface area contributed by atoms with Crippen LogP contribution in [0, 0.1) is 18.3 Å². The Morgan fingerprint density at radius 1 is 1.22 bits per heavy atom. The van der Waals surface area contributed by atoms with Crippen LogP contribution in [0.2, 0.25) is 0 Å². The standard InChI is InChI=1S/C26H30N8O3/c1-17-12-20(26(2,3)16-27)22(31-24(36)18-4-5-29-30-15-18)13-19(17)21-14-23(34-7-10-37-11-8-34)33-25(32-21)28-6-9-35/h4-5,12-15,35H,6-11H2,1-3H3,(H,31,36)(H,28,32,33). The zero-order chi connectivity index (χ0) is 26.4. The average molecular weight is 503 g/mol. The van der Waals surface area contributed by atoms with Crippen molar-refractivity contribution < 1.29 is 14.6 Å². The van der Waals surface area contributed by atoms with Crippen molar-refractivity contribution in [3.63, 3.8) is 0 Å². The highest BCUT2D eigenvalue weighted by molar-refractivity contribution is 6.05. The van der Waals surface area contributed by atoms with Crippen LogP contribution in [0.4, 0.5) is 17.5 Å². The largest absolute Gasteiger partial charge is 0.395 e. The second-order valence-corrected chi connectivity index (χ2v) is 9.22. The predicted octanol–water partition coefficient (Wildman–Crippen LogP) is 2.54. The first-order valence-corrected chi connectivity index (χ1v) is 12.0. The minimum atomic E-state index is -0.860. The molecule has 1 fully saturated rings. The number of nitriles is 1. The van der Waals surface area contributed by atoms with Crippen LogP contribution < -0.4 is 15.5 Å². The summed E-state index contributed by atoms with van der Waals surface area (Å²) in [6, 6.07) is 9.57. The molecule has 0 saturated carbocycles. The molecule has 1 aliphatic heterocycles. The summed E-state index contributed by atoms with van der Waals surface area (Å²) in [4.78, 5) is 24.5. The summed E-state index contributed by atoms with van der Waals surface area (Å²) in [5.74, 6) is 0.770. The van der Waals surface area contributed by atoms with Gasteiger partial charge in [0, 0.05) is 37.0 Å². The number of anilines is 3. The number of amides is 1. The second-order valence-electron chi connectivity index (χ2n) is 9.22. The molecule has 37 heavy (non-hydrogen) atoms. The van der Waals surface area contributed by atoms with Crippen LogP contribution in [-0.4, -0.2) is 70.6 Å². The number of ether oxygens (including phenoxy) is 1. The number of aryl methyl sites for hydroxylation is 1. The van der Waals surface area contributed by atoms with Crippen LogP contribution in [0.5, 0.6) is 0 Å². The summed E-state index contributed by atoms with van der Waals surface area (Å²) in [5.41, 5.74) is 3.01. The fourth-order valence-electron chi connectivity index (χ4n) is 4.06. The maximum atomic E-state index is 13.0. The molecule has 0 atom stereocenters. The molecule has 3 heterocycles. The van der Waals surface area contributed by atoms with Gasteiger partial charge in [0.2, 0.25) is 5.95 Å². The third-order valence-corrected chi connectivity index (χ3v) is 6.13. The summed E-state index contributed by atoms with van der Waals surface area (Å²) < 4.78 is 5.49. The lowest BCUT2D eigenvalue weighted by molar-refractivity contribution is 0.102. The van der Waals surface area contributed by atoms with Gasteiger partial charge in [-0.2, -0.15) is 20.4 Å². The number of morpholine rings is 1. The van der Waals surface area contributed by atoms with Crippen molar-refractivity contribution in [2.75, 3.05) is 55.0 Å². The molecule has 3 N–H and O–H groups in total. The quantitative estimate of drug-likeness (QED) is 0.419. The van der Waals surface area contributed by atoms with Crippen molar-refractivity contribution >= 4 is 23.4 Å². The maximum Gasteiger partial charge on any atom is 0.257 e. The summed E-state index contributed by atoms with van der Waals surface area (Å²) in [6.45, 7) is 8.43. The normalized spacial score (nSPS) is 13.6. The van der Waals surface area contributed by atoms with Gasteiger partial charge in [-0.15, -0.1) is 0 Å². The Morgan fingerprint density at radius 3 is 2.68 bits per heavy atom. The number of carbonyl (C=O) groups excluding carboxylic acids is 1. The lowest BCUT2D eigenvalue weighted by atomic mass is 9.83. The SMILES string of the molecule is Cc1cc(C(C)(C)C#N)c(NC(=O)c2ccnnc2)cc1-c1cc(N2CCOCC2)nc(NCCO)n1. The summed E-state index contributed by atoms with van der Waals surface area (Å²) in [7, 11) is 0. The van der Waals surface area contributed by atoms with Gasteiger partial charge in [-0.25, -0.2) is 4.98 Å². The fraction of sp³-hybridized carbons (Fsp3) is 0.385. The molecule has 4 rings (SSSR count). The van der Waals surface area contributed by atoms with Gasteiger partial charge < -0.3 is 25.4 Å². The van der Waals surface area contributed by atoms with E-state index in [0.717, 1.165) is 16.9 Å². The van der Waals surface area contributed by atoms with E-state index in [1.165, 1.54) is 12.4 Å². The number of hydrogen-bond acceptors (Lipinski definition) is 10. The van der Waals surface area contributed by atoms with Crippen molar-refractivity contribution in [1.29, 1.82) is 5.26 Å². The molecule has 0 aliphatic carbocycles. The Balaban J connectivity index is 1.82. The molecule has 0 spiro atoms. The van der Waals surface area contributed by atoms with E-state index < -0.39 is 5.41 Å². The average Bonchev–Trinajstić information content (AvgIpc) is 2.93. The van der Waals surface area contributed by atoms with E-state index in [4.69, 9.17) is 9.72 Å². The van der Waals surface area contributed by atoms with Gasteiger partial charge in [0.25, 0.3) is 5.91 Å². The molecule has 1 aromatic carbocycles. The number of hydrogen-bond donors (Lipinski definition) is 3. The number of rotatable bonds is 8. The zero-order valence-electron chi connectivity index (χ0n) is 21.2. The van der Waals surface area contributed by atoms with Crippen molar-refractivity contribution in [3.05, 3.63) is 53.3 Å². The Morgan fingerprint density at radius 2 is 2.00 bits per heavy atom. The highest BCUT2D eigenvalue weighted by atomic mass is 16.5. The Kier molecular flexibility index (Phi) is 7.91. The minimum absolute atomic E-state index is 0.0581. The first-order chi connectivity index (χ1) is 17.8. The molecule has 11 heteroatoms. The van der Waals surface area contributed by atoms with Gasteiger partial charge in [-0.05, 0) is 44.0 Å². The number of aliphatic hydroxyl groups is 1. The van der Waals surface area contributed by atoms with Crippen molar-refractivity contribution in [3.8, 4) is 17.3 Å². The fourth-order valence-corrected chi connectivity index (χ4v) is 4.06. The summed E-state index contributed by atoms with van der Waals surface area (Å²) >= 11 is 0. The smallest absolute Gasteiger partial charge is 0.257 e. The van der Waals surface area contributed by atoms with E-state index >= 15 is 0 Å². The minimum Gasteiger partial charge on any atom is -0.395 e. The molecule has 1 aliphatic rings. The zero-order valence-corrected chi connectivity index (χ0v) is 21.2. The Hall–Kier alpha value is -4.14. The van der Waals surface area contributed by atoms with E-state index in [2.05, 4.69) is 36.8 Å². The maximum absolute atomic E-state index is 13.0. The van der Waals surface area contributed by atoms with Crippen molar-refractivity contribution in [2.45, 2.75) is 26.2 Å². The van der Waals surface area contributed by atoms with E-state index in [0.29, 0.717) is 61.3 Å². The van der Waals surface area contributed by atoms with Gasteiger partial charge in [-0.3, -0.25) is 4.79 Å². The molecular weight excluding hydrogens is 472 g/mol. The van der Waals surface area contributed by atoms with Gasteiger partial charge >= 0.3 is 0 Å². The van der Waals surface area contributed by atoms with Crippen molar-refractivity contribution in [1.82, 2.24) is 20.2 Å². The monoisotopic (exact) mass is 502 g/mol. The van der Waals surface area contributed by atoms with E-state index in [1.807, 2.05) is 39.0 Å². The number of aliphatic hydroxyl groups excluding tert-OH is 1. The van der Waals surface area contributed by atoms with Crippen LogP contribution >= 0.6 is 0 Å². The summed E-state index contributed by atoms with van der Waals surface area (Å²) in [6.07, 6.45) is 2.84. The first kappa shape index (κ1) is 25.9. The highest BCUT2D eigenvalue weighted by Gasteiger charge is 2.27. The number of benzene rings is 1. The highest BCUT2D eigenvalue weighted by Crippen LogP contribution is 2.36. The summed E-state index contributed by atoms with van der Waals surface area (Å²) in [5, 5.41) is 32.7. The lowest BCUT2D eigenvalue weighted by Crippen LogP contribution is -2.37. The molecule has 192 valence electrons. The molecular formula is C26H30N8O3. The van der Waals surface area contributed by atoms with Gasteiger partial charge in [0.05, 0.1) is 55.0 Å². The van der Waals surface area contributed by atoms with E-state index in [9.17, 15) is 15.2 Å². The number of nitrogens with zero attached hydrogens (tertiary/aromatic N) is 6. The molecule has 0 bridgehead atoms. The van der Waals surface area contributed by atoms with Crippen molar-refractivity contribution in [2.24, 2.45) is 0 Å². The Labute approximate surface area is 215 Å². The number of carbonyl (C=O) groups is 1. The second kappa shape index (κ2) is 11.3. The van der Waals surface area contributed by atoms with Crippen LogP contribution in [-0.2, 0) is 10.2 Å². The molecule has 1 saturated heterocycles. The molecule has 11 nitrogen and oxygen atoms in total. The molecule has 0 radical (unpaired) electrons. The first-order valence-electron chi connectivity index (χ1n) is 12.0. The van der Waals surface area contributed by atoms with Gasteiger partial charge in [0.15, 0.2) is 0 Å². The van der Waals surface area contributed by atoms with Crippen LogP contribution in [0.1, 0.15) is 35.3 Å². The van der Waals surface area contributed by atoms with Gasteiger partial charge in [0.1, 0.15) is 5.82 Å². The molecule has 0 unspecified atom stereocenters. The predicted molar refractivity (Wildman–Crippen MR) is 139 cm³/mol. The van der Waals surface area contributed by atoms with Crippen LogP contribution in [0.15, 0.2) is 36.7 Å².